The number of hydrogen-bond acceptors (Lipinski definition) is 14. The SMILES string of the molecule is C[C@@]1(O)C[C@H](c2ccccc2OC(F)F)c2c1nc1ccc(-c3cnc(N4CCOCC4)nc3)cn21.C[C@]1(O)C[C@H](c2ccccc2OC(F)F)c2c1nc1ccc(-c3cnc(N4CCOCC4)nc3)cn21. The summed E-state index contributed by atoms with van der Waals surface area (Å²) in [5.74, 6) is 0.765. The lowest BCUT2D eigenvalue weighted by Gasteiger charge is -2.26. The fourth-order valence-electron chi connectivity index (χ4n) is 10.4. The predicted molar refractivity (Wildman–Crippen MR) is 257 cm³/mol. The Morgan fingerprint density at radius 2 is 0.917 bits per heavy atom. The largest absolute Gasteiger partial charge is 0.435 e. The Balaban J connectivity index is 0.000000156. The van der Waals surface area contributed by atoms with E-state index in [0.717, 1.165) is 59.8 Å². The Hall–Kier alpha value is -7.26. The van der Waals surface area contributed by atoms with Gasteiger partial charge in [0.25, 0.3) is 0 Å². The van der Waals surface area contributed by atoms with Gasteiger partial charge in [-0.1, -0.05) is 36.4 Å². The van der Waals surface area contributed by atoms with E-state index in [9.17, 15) is 27.8 Å². The Morgan fingerprint density at radius 1 is 0.542 bits per heavy atom. The number of morpholine rings is 2. The van der Waals surface area contributed by atoms with E-state index in [1.54, 1.807) is 75.0 Å². The van der Waals surface area contributed by atoms with Crippen LogP contribution in [0, 0.1) is 0 Å². The average molecular weight is 987 g/mol. The molecule has 2 saturated heterocycles. The van der Waals surface area contributed by atoms with Crippen LogP contribution in [0.25, 0.3) is 33.5 Å². The molecule has 2 aromatic carbocycles. The molecule has 4 aliphatic rings. The summed E-state index contributed by atoms with van der Waals surface area (Å²) < 4.78 is 76.7. The zero-order valence-electron chi connectivity index (χ0n) is 39.3. The monoisotopic (exact) mass is 986 g/mol. The van der Waals surface area contributed by atoms with Crippen LogP contribution in [0.2, 0.25) is 0 Å². The number of aliphatic hydroxyl groups is 2. The first kappa shape index (κ1) is 47.1. The van der Waals surface area contributed by atoms with Crippen molar-refractivity contribution >= 4 is 23.2 Å². The summed E-state index contributed by atoms with van der Waals surface area (Å²) in [5.41, 5.74) is 6.06. The molecule has 0 amide bonds. The first-order chi connectivity index (χ1) is 34.8. The third-order valence-corrected chi connectivity index (χ3v) is 13.7. The van der Waals surface area contributed by atoms with Crippen LogP contribution in [0.4, 0.5) is 29.5 Å². The van der Waals surface area contributed by atoms with Crippen LogP contribution in [0.5, 0.6) is 11.5 Å². The van der Waals surface area contributed by atoms with Gasteiger partial charge in [0, 0.05) is 109 Å². The average Bonchev–Trinajstić information content (AvgIpc) is 4.12. The number of rotatable bonds is 10. The molecule has 2 aliphatic heterocycles. The highest BCUT2D eigenvalue weighted by Gasteiger charge is 2.46. The summed E-state index contributed by atoms with van der Waals surface area (Å²) in [7, 11) is 0. The minimum absolute atomic E-state index is 0.0966. The number of ether oxygens (including phenoxy) is 4. The maximum Gasteiger partial charge on any atom is 0.387 e. The van der Waals surface area contributed by atoms with Crippen molar-refractivity contribution in [2.75, 3.05) is 62.4 Å². The lowest BCUT2D eigenvalue weighted by molar-refractivity contribution is -0.0513. The van der Waals surface area contributed by atoms with Crippen LogP contribution in [0.1, 0.15) is 72.4 Å². The molecule has 0 bridgehead atoms. The lowest BCUT2D eigenvalue weighted by atomic mass is 9.93. The first-order valence-electron chi connectivity index (χ1n) is 23.7. The lowest BCUT2D eigenvalue weighted by Crippen LogP contribution is -2.37. The Labute approximate surface area is 410 Å². The van der Waals surface area contributed by atoms with Gasteiger partial charge in [0.05, 0.1) is 49.2 Å². The van der Waals surface area contributed by atoms with Crippen LogP contribution in [-0.4, -0.2) is 115 Å². The number of alkyl halides is 4. The van der Waals surface area contributed by atoms with Gasteiger partial charge in [-0.15, -0.1) is 0 Å². The summed E-state index contributed by atoms with van der Waals surface area (Å²) in [5, 5.41) is 22.4. The molecule has 2 N–H and O–H groups in total. The van der Waals surface area contributed by atoms with Crippen molar-refractivity contribution in [3.05, 3.63) is 144 Å². The van der Waals surface area contributed by atoms with E-state index in [-0.39, 0.29) is 23.3 Å². The van der Waals surface area contributed by atoms with Gasteiger partial charge in [-0.25, -0.2) is 29.9 Å². The van der Waals surface area contributed by atoms with E-state index < -0.39 is 24.4 Å². The van der Waals surface area contributed by atoms with E-state index >= 15 is 0 Å². The quantitative estimate of drug-likeness (QED) is 0.127. The van der Waals surface area contributed by atoms with Crippen LogP contribution in [0.3, 0.4) is 0 Å². The number of pyridine rings is 2. The number of para-hydroxylation sites is 2. The van der Waals surface area contributed by atoms with E-state index in [1.165, 1.54) is 12.1 Å². The zero-order valence-corrected chi connectivity index (χ0v) is 39.3. The molecule has 72 heavy (non-hydrogen) atoms. The van der Waals surface area contributed by atoms with Crippen molar-refractivity contribution in [1.82, 2.24) is 38.7 Å². The van der Waals surface area contributed by atoms with E-state index in [0.29, 0.717) is 85.0 Å². The van der Waals surface area contributed by atoms with E-state index in [1.807, 2.05) is 45.5 Å². The maximum atomic E-state index is 13.1. The Bertz CT molecular complexity index is 3020. The number of benzene rings is 2. The molecule has 4 atom stereocenters. The minimum atomic E-state index is -2.94. The molecule has 0 radical (unpaired) electrons. The Kier molecular flexibility index (Phi) is 12.5. The second-order valence-corrected chi connectivity index (χ2v) is 18.6. The minimum Gasteiger partial charge on any atom is -0.435 e. The molecule has 12 rings (SSSR count). The Morgan fingerprint density at radius 3 is 1.29 bits per heavy atom. The molecule has 20 heteroatoms. The second-order valence-electron chi connectivity index (χ2n) is 18.6. The smallest absolute Gasteiger partial charge is 0.387 e. The van der Waals surface area contributed by atoms with Crippen LogP contribution >= 0.6 is 0 Å². The number of halogens is 4. The molecule has 372 valence electrons. The van der Waals surface area contributed by atoms with Gasteiger partial charge >= 0.3 is 13.2 Å². The molecular formula is C52H50F4N10O6. The molecule has 0 spiro atoms. The van der Waals surface area contributed by atoms with Crippen molar-refractivity contribution in [1.29, 1.82) is 0 Å². The molecular weight excluding hydrogens is 937 g/mol. The summed E-state index contributed by atoms with van der Waals surface area (Å²) in [6, 6.07) is 21.0. The molecule has 8 aromatic rings. The maximum absolute atomic E-state index is 13.1. The van der Waals surface area contributed by atoms with E-state index in [4.69, 9.17) is 28.9 Å². The molecule has 0 saturated carbocycles. The molecule has 6 aromatic heterocycles. The molecule has 16 nitrogen and oxygen atoms in total. The number of imidazole rings is 2. The van der Waals surface area contributed by atoms with Crippen LogP contribution in [0.15, 0.2) is 110 Å². The van der Waals surface area contributed by atoms with Gasteiger partial charge in [0.2, 0.25) is 11.9 Å². The number of hydrogen-bond donors (Lipinski definition) is 2. The fraction of sp³-hybridized carbons (Fsp3) is 0.346. The number of fused-ring (bicyclic) bond motifs is 6. The van der Waals surface area contributed by atoms with Crippen molar-refractivity contribution in [2.45, 2.75) is 63.0 Å². The predicted octanol–water partition coefficient (Wildman–Crippen LogP) is 7.94. The summed E-state index contributed by atoms with van der Waals surface area (Å²) in [6.45, 7) is 3.16. The highest BCUT2D eigenvalue weighted by Crippen LogP contribution is 2.51. The van der Waals surface area contributed by atoms with Crippen molar-refractivity contribution in [2.24, 2.45) is 0 Å². The van der Waals surface area contributed by atoms with Gasteiger partial charge in [-0.3, -0.25) is 0 Å². The number of anilines is 2. The van der Waals surface area contributed by atoms with E-state index in [2.05, 4.69) is 29.7 Å². The van der Waals surface area contributed by atoms with Gasteiger partial charge < -0.3 is 47.8 Å². The molecule has 0 unspecified atom stereocenters. The topological polar surface area (TPSA) is 170 Å². The van der Waals surface area contributed by atoms with Gasteiger partial charge in [-0.05, 0) is 63.1 Å². The molecule has 8 heterocycles. The first-order valence-corrected chi connectivity index (χ1v) is 23.7. The van der Waals surface area contributed by atoms with Crippen molar-refractivity contribution < 1.29 is 46.7 Å². The molecule has 2 fully saturated rings. The highest BCUT2D eigenvalue weighted by atomic mass is 19.3. The van der Waals surface area contributed by atoms with Crippen LogP contribution in [-0.2, 0) is 20.7 Å². The summed E-state index contributed by atoms with van der Waals surface area (Å²) in [4.78, 5) is 31.8. The standard InChI is InChI=1S/2C26H25F2N5O3/c2*1-26(34)12-19(18-4-2-3-5-20(18)36-24(27)28)22-23(26)31-21-7-6-16(15-33(21)22)17-13-29-25(30-14-17)32-8-10-35-11-9-32/h2*2-7,13-15,19,24,34H,8-12H2,1H3/t19-,26+;19-,26-/m11/s1. The van der Waals surface area contributed by atoms with Crippen molar-refractivity contribution in [3.8, 4) is 33.8 Å². The highest BCUT2D eigenvalue weighted by molar-refractivity contribution is 5.67. The third-order valence-electron chi connectivity index (χ3n) is 13.7. The third kappa shape index (κ3) is 9.03. The van der Waals surface area contributed by atoms with Crippen LogP contribution < -0.4 is 19.3 Å². The normalized spacial score (nSPS) is 21.8. The van der Waals surface area contributed by atoms with Gasteiger partial charge in [0.15, 0.2) is 0 Å². The van der Waals surface area contributed by atoms with Gasteiger partial charge in [-0.2, -0.15) is 17.6 Å². The summed E-state index contributed by atoms with van der Waals surface area (Å²) in [6.07, 6.45) is 11.6. The van der Waals surface area contributed by atoms with Gasteiger partial charge in [0.1, 0.15) is 34.0 Å². The number of aromatic nitrogens is 8. The number of nitrogens with zero attached hydrogens (tertiary/aromatic N) is 10. The zero-order chi connectivity index (χ0) is 49.7. The van der Waals surface area contributed by atoms with Crippen molar-refractivity contribution in [3.63, 3.8) is 0 Å². The summed E-state index contributed by atoms with van der Waals surface area (Å²) >= 11 is 0. The molecule has 2 aliphatic carbocycles. The second kappa shape index (κ2) is 19.1. The fourth-order valence-corrected chi connectivity index (χ4v) is 10.4.